The largest absolute Gasteiger partial charge is 0.310 e. The standard InChI is InChI=1S/C27H22ClN/c1-21-20-27(19-16-23(21)15-12-22-13-17-24(28)18-14-22)29(25-8-4-2-5-9-25)26-10-6-3-7-11-26/h2-20H,1H3/b15-12+. The second kappa shape index (κ2) is 8.81. The molecule has 0 fully saturated rings. The van der Waals surface area contributed by atoms with Crippen LogP contribution in [0, 0.1) is 6.92 Å². The van der Waals surface area contributed by atoms with Crippen molar-refractivity contribution in [3.05, 3.63) is 125 Å². The third kappa shape index (κ3) is 4.59. The van der Waals surface area contributed by atoms with Gasteiger partial charge in [-0.3, -0.25) is 0 Å². The predicted octanol–water partition coefficient (Wildman–Crippen LogP) is 8.29. The lowest BCUT2D eigenvalue weighted by molar-refractivity contribution is 1.27. The van der Waals surface area contributed by atoms with Gasteiger partial charge in [-0.25, -0.2) is 0 Å². The Balaban J connectivity index is 1.68. The van der Waals surface area contributed by atoms with E-state index in [2.05, 4.69) is 90.7 Å². The van der Waals surface area contributed by atoms with Crippen molar-refractivity contribution in [2.75, 3.05) is 4.90 Å². The summed E-state index contributed by atoms with van der Waals surface area (Å²) in [5.74, 6) is 0. The van der Waals surface area contributed by atoms with Gasteiger partial charge in [0.05, 0.1) is 0 Å². The summed E-state index contributed by atoms with van der Waals surface area (Å²) in [6, 6.07) is 35.4. The van der Waals surface area contributed by atoms with E-state index >= 15 is 0 Å². The van der Waals surface area contributed by atoms with Crippen LogP contribution >= 0.6 is 11.6 Å². The first kappa shape index (κ1) is 19.0. The number of hydrogen-bond donors (Lipinski definition) is 0. The van der Waals surface area contributed by atoms with E-state index < -0.39 is 0 Å². The molecule has 4 aromatic carbocycles. The minimum absolute atomic E-state index is 0.754. The van der Waals surface area contributed by atoms with Gasteiger partial charge in [0.25, 0.3) is 0 Å². The first-order chi connectivity index (χ1) is 14.2. The maximum absolute atomic E-state index is 5.97. The average Bonchev–Trinajstić information content (AvgIpc) is 2.76. The van der Waals surface area contributed by atoms with Crippen LogP contribution in [0.15, 0.2) is 103 Å². The summed E-state index contributed by atoms with van der Waals surface area (Å²) < 4.78 is 0. The fourth-order valence-corrected chi connectivity index (χ4v) is 3.47. The zero-order valence-electron chi connectivity index (χ0n) is 16.3. The van der Waals surface area contributed by atoms with Crippen molar-refractivity contribution in [2.24, 2.45) is 0 Å². The molecule has 1 nitrogen and oxygen atoms in total. The highest BCUT2D eigenvalue weighted by molar-refractivity contribution is 6.30. The van der Waals surface area contributed by atoms with E-state index in [0.29, 0.717) is 0 Å². The van der Waals surface area contributed by atoms with Gasteiger partial charge in [-0.2, -0.15) is 0 Å². The van der Waals surface area contributed by atoms with Crippen LogP contribution in [0.4, 0.5) is 17.1 Å². The molecule has 4 aromatic rings. The third-order valence-electron chi connectivity index (χ3n) is 4.87. The van der Waals surface area contributed by atoms with Gasteiger partial charge in [-0.05, 0) is 72.1 Å². The minimum atomic E-state index is 0.754. The van der Waals surface area contributed by atoms with Crippen LogP contribution in [0.5, 0.6) is 0 Å². The Kier molecular flexibility index (Phi) is 5.79. The molecular formula is C27H22ClN. The number of rotatable bonds is 5. The number of anilines is 3. The van der Waals surface area contributed by atoms with E-state index in [0.717, 1.165) is 27.6 Å². The Bertz CT molecular complexity index is 1060. The molecule has 0 N–H and O–H groups in total. The fourth-order valence-electron chi connectivity index (χ4n) is 3.35. The minimum Gasteiger partial charge on any atom is -0.310 e. The number of aryl methyl sites for hydroxylation is 1. The van der Waals surface area contributed by atoms with E-state index in [9.17, 15) is 0 Å². The molecule has 0 aliphatic carbocycles. The van der Waals surface area contributed by atoms with Crippen molar-refractivity contribution in [3.63, 3.8) is 0 Å². The molecule has 0 aromatic heterocycles. The second-order valence-electron chi connectivity index (χ2n) is 6.93. The number of halogens is 1. The topological polar surface area (TPSA) is 3.24 Å². The van der Waals surface area contributed by atoms with E-state index in [-0.39, 0.29) is 0 Å². The highest BCUT2D eigenvalue weighted by atomic mass is 35.5. The Labute approximate surface area is 177 Å². The normalized spacial score (nSPS) is 11.0. The summed E-state index contributed by atoms with van der Waals surface area (Å²) in [5.41, 5.74) is 6.98. The first-order valence-corrected chi connectivity index (χ1v) is 10.0. The van der Waals surface area contributed by atoms with Gasteiger partial charge >= 0.3 is 0 Å². The van der Waals surface area contributed by atoms with Crippen molar-refractivity contribution in [3.8, 4) is 0 Å². The lowest BCUT2D eigenvalue weighted by Gasteiger charge is -2.26. The fraction of sp³-hybridized carbons (Fsp3) is 0.0370. The maximum atomic E-state index is 5.97. The van der Waals surface area contributed by atoms with E-state index in [1.807, 2.05) is 36.4 Å². The molecule has 0 bridgehead atoms. The maximum Gasteiger partial charge on any atom is 0.0464 e. The molecule has 0 saturated carbocycles. The molecular weight excluding hydrogens is 374 g/mol. The average molecular weight is 396 g/mol. The predicted molar refractivity (Wildman–Crippen MR) is 126 cm³/mol. The first-order valence-electron chi connectivity index (χ1n) is 9.65. The monoisotopic (exact) mass is 395 g/mol. The molecule has 0 aliphatic rings. The zero-order chi connectivity index (χ0) is 20.1. The molecule has 2 heteroatoms. The summed E-state index contributed by atoms with van der Waals surface area (Å²) in [4.78, 5) is 2.28. The molecule has 0 atom stereocenters. The highest BCUT2D eigenvalue weighted by Crippen LogP contribution is 2.35. The quantitative estimate of drug-likeness (QED) is 0.307. The zero-order valence-corrected chi connectivity index (χ0v) is 17.1. The second-order valence-corrected chi connectivity index (χ2v) is 7.37. The van der Waals surface area contributed by atoms with E-state index in [1.165, 1.54) is 11.1 Å². The Morgan fingerprint density at radius 3 is 1.76 bits per heavy atom. The number of hydrogen-bond acceptors (Lipinski definition) is 1. The molecule has 0 heterocycles. The van der Waals surface area contributed by atoms with Gasteiger partial charge in [0.15, 0.2) is 0 Å². The molecule has 0 unspecified atom stereocenters. The van der Waals surface area contributed by atoms with Gasteiger partial charge < -0.3 is 4.90 Å². The van der Waals surface area contributed by atoms with Crippen LogP contribution in [0.2, 0.25) is 5.02 Å². The molecule has 0 spiro atoms. The number of nitrogens with zero attached hydrogens (tertiary/aromatic N) is 1. The van der Waals surface area contributed by atoms with Gasteiger partial charge in [0.1, 0.15) is 0 Å². The molecule has 29 heavy (non-hydrogen) atoms. The van der Waals surface area contributed by atoms with Crippen LogP contribution in [-0.4, -0.2) is 0 Å². The molecule has 0 radical (unpaired) electrons. The number of para-hydroxylation sites is 2. The van der Waals surface area contributed by atoms with Crippen LogP contribution in [0.1, 0.15) is 16.7 Å². The van der Waals surface area contributed by atoms with Crippen molar-refractivity contribution >= 4 is 40.8 Å². The Morgan fingerprint density at radius 1 is 0.621 bits per heavy atom. The SMILES string of the molecule is Cc1cc(N(c2ccccc2)c2ccccc2)ccc1/C=C/c1ccc(Cl)cc1. The van der Waals surface area contributed by atoms with E-state index in [1.54, 1.807) is 0 Å². The summed E-state index contributed by atoms with van der Waals surface area (Å²) >= 11 is 5.97. The summed E-state index contributed by atoms with van der Waals surface area (Å²) in [6.07, 6.45) is 4.27. The van der Waals surface area contributed by atoms with Gasteiger partial charge in [-0.15, -0.1) is 0 Å². The van der Waals surface area contributed by atoms with E-state index in [4.69, 9.17) is 11.6 Å². The van der Waals surface area contributed by atoms with Crippen LogP contribution in [-0.2, 0) is 0 Å². The van der Waals surface area contributed by atoms with Crippen LogP contribution in [0.3, 0.4) is 0 Å². The van der Waals surface area contributed by atoms with Crippen LogP contribution in [0.25, 0.3) is 12.2 Å². The van der Waals surface area contributed by atoms with Gasteiger partial charge in [0, 0.05) is 22.1 Å². The van der Waals surface area contributed by atoms with Crippen molar-refractivity contribution in [2.45, 2.75) is 6.92 Å². The molecule has 0 amide bonds. The lowest BCUT2D eigenvalue weighted by Crippen LogP contribution is -2.09. The Hall–Kier alpha value is -3.29. The van der Waals surface area contributed by atoms with Crippen molar-refractivity contribution in [1.29, 1.82) is 0 Å². The molecule has 0 aliphatic heterocycles. The molecule has 0 saturated heterocycles. The third-order valence-corrected chi connectivity index (χ3v) is 5.12. The number of benzene rings is 4. The summed E-state index contributed by atoms with van der Waals surface area (Å²) in [5, 5.41) is 0.754. The highest BCUT2D eigenvalue weighted by Gasteiger charge is 2.12. The van der Waals surface area contributed by atoms with Gasteiger partial charge in [-0.1, -0.05) is 78.4 Å². The van der Waals surface area contributed by atoms with Crippen molar-refractivity contribution in [1.82, 2.24) is 0 Å². The lowest BCUT2D eigenvalue weighted by atomic mass is 10.0. The van der Waals surface area contributed by atoms with Crippen LogP contribution < -0.4 is 4.90 Å². The Morgan fingerprint density at radius 2 is 1.21 bits per heavy atom. The van der Waals surface area contributed by atoms with Crippen molar-refractivity contribution < 1.29 is 0 Å². The smallest absolute Gasteiger partial charge is 0.0464 e. The van der Waals surface area contributed by atoms with Gasteiger partial charge in [0.2, 0.25) is 0 Å². The molecule has 142 valence electrons. The summed E-state index contributed by atoms with van der Waals surface area (Å²) in [7, 11) is 0. The summed E-state index contributed by atoms with van der Waals surface area (Å²) in [6.45, 7) is 2.15. The molecule has 4 rings (SSSR count).